The number of rotatable bonds is 20. The quantitative estimate of drug-likeness (QED) is 0.0342. The third-order valence-electron chi connectivity index (χ3n) is 17.5. The van der Waals surface area contributed by atoms with E-state index in [1.165, 1.54) is 62.0 Å². The molecule has 27 heteroatoms. The van der Waals surface area contributed by atoms with Gasteiger partial charge in [0.25, 0.3) is 0 Å². The van der Waals surface area contributed by atoms with Crippen molar-refractivity contribution < 1.29 is 23.7 Å². The molecule has 10 heterocycles. The predicted octanol–water partition coefficient (Wildman–Crippen LogP) is 11.2. The summed E-state index contributed by atoms with van der Waals surface area (Å²) in [7, 11) is 0. The first-order chi connectivity index (χ1) is 46.1. The van der Waals surface area contributed by atoms with Crippen LogP contribution in [0.25, 0.3) is 33.5 Å². The van der Waals surface area contributed by atoms with Crippen LogP contribution in [0, 0.1) is 5.92 Å². The van der Waals surface area contributed by atoms with Gasteiger partial charge in [0.2, 0.25) is 17.8 Å². The molecule has 1 unspecified atom stereocenters. The molecule has 6 aromatic heterocycles. The van der Waals surface area contributed by atoms with Gasteiger partial charge in [-0.2, -0.15) is 29.9 Å². The molecule has 14 rings (SSSR count). The Morgan fingerprint density at radius 2 is 0.883 bits per heavy atom. The molecule has 0 radical (unpaired) electrons. The minimum atomic E-state index is -0.245. The van der Waals surface area contributed by atoms with Crippen LogP contribution in [-0.2, 0) is 18.9 Å². The highest BCUT2D eigenvalue weighted by Crippen LogP contribution is 2.30. The lowest BCUT2D eigenvalue weighted by atomic mass is 9.95. The first kappa shape index (κ1) is 64.8. The number of ether oxygens (including phenoxy) is 4. The lowest BCUT2D eigenvalue weighted by molar-refractivity contribution is 0.0983. The van der Waals surface area contributed by atoms with Gasteiger partial charge in [-0.3, -0.25) is 0 Å². The van der Waals surface area contributed by atoms with Crippen molar-refractivity contribution in [2.75, 3.05) is 145 Å². The van der Waals surface area contributed by atoms with Gasteiger partial charge < -0.3 is 85.4 Å². The summed E-state index contributed by atoms with van der Waals surface area (Å²) in [6.45, 7) is 20.4. The number of piperidine rings is 1. The molecule has 9 aromatic rings. The van der Waals surface area contributed by atoms with Crippen molar-refractivity contribution in [3.05, 3.63) is 91.8 Å². The molecule has 4 saturated heterocycles. The zero-order valence-corrected chi connectivity index (χ0v) is 54.5. The van der Waals surface area contributed by atoms with Crippen LogP contribution in [0.4, 0.5) is 74.2 Å². The topological polar surface area (TPSA) is 303 Å². The average Bonchev–Trinajstić information content (AvgIpc) is 1.70. The average molecular weight is 1280 g/mol. The maximum absolute atomic E-state index is 12.0. The van der Waals surface area contributed by atoms with Gasteiger partial charge in [-0.1, -0.05) is 46.0 Å². The number of morpholine rings is 3. The van der Waals surface area contributed by atoms with E-state index in [4.69, 9.17) is 33.9 Å². The molecule has 1 aliphatic carbocycles. The maximum Gasteiger partial charge on any atom is 0.409 e. The Balaban J connectivity index is 0.000000136. The lowest BCUT2D eigenvalue weighted by Crippen LogP contribution is -2.42. The summed E-state index contributed by atoms with van der Waals surface area (Å²) in [6.07, 6.45) is 16.1. The standard InChI is InChI=1S/C23H30N8O3.C23H33N7O.C21H27N7O/c1-2-34-23(32)31-9-7-17(8-10-31)26-21-19-20(25-15-24-19)28-22(29-21)27-16-3-5-18(6-4-16)30-11-13-33-14-12-30;1-16(2)5-4-6-17(3)26-22-20-21(25-15-24-20)28-23(29-22)27-18-7-9-19(10-8-18)30-11-13-31-14-12-30;1-2-4-15(5-3-1)24-20-18-19(23-14-22-18)26-21(27-20)25-16-6-8-17(9-7-16)28-10-12-29-13-11-28/h3-6,15,17H,2,7-14H2,1H3,(H3,24,25,26,27,28,29);7-10,15-17H,4-6,11-14H2,1-3H3,(H3,24,25,26,27,28,29);6-9,14-15H,1-5,10-13H2,(H3,22,23,24,25,26,27). The molecular formula is C67H90N22O5. The number of nitrogens with one attached hydrogen (secondary N) is 9. The lowest BCUT2D eigenvalue weighted by Gasteiger charge is -2.31. The van der Waals surface area contributed by atoms with Crippen molar-refractivity contribution >= 4 is 109 Å². The van der Waals surface area contributed by atoms with Gasteiger partial charge in [-0.15, -0.1) is 0 Å². The predicted molar refractivity (Wildman–Crippen MR) is 371 cm³/mol. The molecule has 0 bridgehead atoms. The number of aromatic amines is 3. The third-order valence-corrected chi connectivity index (χ3v) is 17.5. The second-order valence-corrected chi connectivity index (χ2v) is 24.8. The molecule has 5 aliphatic rings. The van der Waals surface area contributed by atoms with E-state index in [9.17, 15) is 4.79 Å². The first-order valence-electron chi connectivity index (χ1n) is 33.6. The molecule has 27 nitrogen and oxygen atoms in total. The van der Waals surface area contributed by atoms with E-state index < -0.39 is 0 Å². The van der Waals surface area contributed by atoms with Crippen molar-refractivity contribution in [3.8, 4) is 0 Å². The summed E-state index contributed by atoms with van der Waals surface area (Å²) >= 11 is 0. The van der Waals surface area contributed by atoms with Gasteiger partial charge in [0.15, 0.2) is 34.4 Å². The number of H-pyrrole nitrogens is 3. The number of carbonyl (C=O) groups excluding carboxylic acids is 1. The Morgan fingerprint density at radius 3 is 1.28 bits per heavy atom. The second kappa shape index (κ2) is 32.0. The minimum absolute atomic E-state index is 0.188. The number of anilines is 12. The third kappa shape index (κ3) is 17.5. The highest BCUT2D eigenvalue weighted by molar-refractivity contribution is 5.86. The van der Waals surface area contributed by atoms with Crippen LogP contribution in [0.5, 0.6) is 0 Å². The van der Waals surface area contributed by atoms with Crippen LogP contribution in [0.3, 0.4) is 0 Å². The monoisotopic (exact) mass is 1280 g/mol. The van der Waals surface area contributed by atoms with Crippen LogP contribution in [-0.4, -0.2) is 188 Å². The Labute approximate surface area is 548 Å². The van der Waals surface area contributed by atoms with Gasteiger partial charge in [0, 0.05) is 105 Å². The number of benzene rings is 3. The van der Waals surface area contributed by atoms with Crippen molar-refractivity contribution in [2.24, 2.45) is 5.92 Å². The SMILES string of the molecule is CC(C)CCCC(C)Nc1nc(Nc2ccc(N3CCOCC3)cc2)nc2nc[nH]c12.CCOC(=O)N1CCC(Nc2nc(Nc3ccc(N4CCOCC4)cc3)nc3nc[nH]c23)CC1.c1nc2nc(Nc3ccc(N4CCOCC4)cc3)nc(NC3CCCCC3)c2[nH]1. The largest absolute Gasteiger partial charge is 0.450 e. The molecule has 94 heavy (non-hydrogen) atoms. The smallest absolute Gasteiger partial charge is 0.409 e. The molecule has 0 spiro atoms. The number of nitrogens with zero attached hydrogens (tertiary/aromatic N) is 13. The summed E-state index contributed by atoms with van der Waals surface area (Å²) < 4.78 is 21.4. The molecule has 4 aliphatic heterocycles. The van der Waals surface area contributed by atoms with E-state index >= 15 is 0 Å². The van der Waals surface area contributed by atoms with E-state index in [0.29, 0.717) is 72.4 Å². The van der Waals surface area contributed by atoms with E-state index in [-0.39, 0.29) is 12.1 Å². The molecular weight excluding hydrogens is 1190 g/mol. The van der Waals surface area contributed by atoms with E-state index in [1.54, 1.807) is 23.9 Å². The van der Waals surface area contributed by atoms with Gasteiger partial charge in [-0.05, 0) is 125 Å². The van der Waals surface area contributed by atoms with Gasteiger partial charge in [-0.25, -0.2) is 19.7 Å². The molecule has 5 fully saturated rings. The fourth-order valence-electron chi connectivity index (χ4n) is 12.3. The fourth-order valence-corrected chi connectivity index (χ4v) is 12.3. The normalized spacial score (nSPS) is 16.9. The van der Waals surface area contributed by atoms with Gasteiger partial charge in [0.05, 0.1) is 65.2 Å². The van der Waals surface area contributed by atoms with Crippen LogP contribution >= 0.6 is 0 Å². The summed E-state index contributed by atoms with van der Waals surface area (Å²) in [5.74, 6) is 4.61. The van der Waals surface area contributed by atoms with E-state index in [1.807, 2.05) is 19.1 Å². The Hall–Kier alpha value is -9.34. The van der Waals surface area contributed by atoms with Gasteiger partial charge >= 0.3 is 6.09 Å². The molecule has 1 atom stereocenters. The summed E-state index contributed by atoms with van der Waals surface area (Å²) in [5.41, 5.74) is 10.8. The molecule has 1 saturated carbocycles. The van der Waals surface area contributed by atoms with Crippen molar-refractivity contribution in [2.45, 2.75) is 110 Å². The number of amides is 1. The number of likely N-dealkylation sites (tertiary alicyclic amines) is 1. The number of imidazole rings is 3. The highest BCUT2D eigenvalue weighted by atomic mass is 16.6. The van der Waals surface area contributed by atoms with Crippen molar-refractivity contribution in [1.82, 2.24) is 64.7 Å². The Bertz CT molecular complexity index is 3800. The molecule has 3 aromatic carbocycles. The fraction of sp³-hybridized carbons (Fsp3) is 0.493. The zero-order valence-electron chi connectivity index (χ0n) is 54.5. The van der Waals surface area contributed by atoms with Crippen LogP contribution < -0.4 is 46.6 Å². The maximum atomic E-state index is 12.0. The number of hydrogen-bond acceptors (Lipinski definition) is 23. The van der Waals surface area contributed by atoms with Crippen molar-refractivity contribution in [3.63, 3.8) is 0 Å². The zero-order chi connectivity index (χ0) is 64.4. The number of fused-ring (bicyclic) bond motifs is 3. The van der Waals surface area contributed by atoms with E-state index in [0.717, 1.165) is 149 Å². The highest BCUT2D eigenvalue weighted by Gasteiger charge is 2.26. The van der Waals surface area contributed by atoms with Gasteiger partial charge in [0.1, 0.15) is 16.6 Å². The van der Waals surface area contributed by atoms with Crippen molar-refractivity contribution in [1.29, 1.82) is 0 Å². The summed E-state index contributed by atoms with van der Waals surface area (Å²) in [5, 5.41) is 20.6. The summed E-state index contributed by atoms with van der Waals surface area (Å²) in [6, 6.07) is 26.0. The van der Waals surface area contributed by atoms with E-state index in [2.05, 4.69) is 173 Å². The Kier molecular flexibility index (Phi) is 22.0. The second-order valence-electron chi connectivity index (χ2n) is 24.8. The number of aromatic nitrogens is 12. The molecule has 1 amide bonds. The molecule has 498 valence electrons. The molecule has 9 N–H and O–H groups in total. The first-order valence-corrected chi connectivity index (χ1v) is 33.6. The number of hydrogen-bond donors (Lipinski definition) is 9. The Morgan fingerprint density at radius 1 is 0.500 bits per heavy atom. The number of carbonyl (C=O) groups is 1. The summed E-state index contributed by atoms with van der Waals surface area (Å²) in [4.78, 5) is 71.1. The van der Waals surface area contributed by atoms with Crippen LogP contribution in [0.15, 0.2) is 91.8 Å². The van der Waals surface area contributed by atoms with Crippen LogP contribution in [0.2, 0.25) is 0 Å². The van der Waals surface area contributed by atoms with Crippen LogP contribution in [0.1, 0.15) is 91.9 Å². The minimum Gasteiger partial charge on any atom is -0.450 e.